The second kappa shape index (κ2) is 9.04. The average Bonchev–Trinajstić information content (AvgIpc) is 3.15. The third-order valence-corrected chi connectivity index (χ3v) is 4.29. The summed E-state index contributed by atoms with van der Waals surface area (Å²) < 4.78 is 38.4. The Morgan fingerprint density at radius 3 is 2.71 bits per heavy atom. The first-order chi connectivity index (χ1) is 14.7. The van der Waals surface area contributed by atoms with Crippen LogP contribution in [-0.4, -0.2) is 51.8 Å². The Morgan fingerprint density at radius 2 is 2.00 bits per heavy atom. The number of imidazole rings is 1. The summed E-state index contributed by atoms with van der Waals surface area (Å²) in [6.07, 6.45) is -1.26. The van der Waals surface area contributed by atoms with Gasteiger partial charge in [0.25, 0.3) is 5.91 Å². The summed E-state index contributed by atoms with van der Waals surface area (Å²) in [4.78, 5) is 28.2. The van der Waals surface area contributed by atoms with Crippen LogP contribution < -0.4 is 16.0 Å². The highest BCUT2D eigenvalue weighted by atomic mass is 19.4. The molecular weight excluding hydrogens is 415 g/mol. The van der Waals surface area contributed by atoms with E-state index in [9.17, 15) is 22.8 Å². The van der Waals surface area contributed by atoms with Crippen molar-refractivity contribution in [2.75, 3.05) is 18.5 Å². The van der Waals surface area contributed by atoms with Gasteiger partial charge in [0.05, 0.1) is 18.5 Å². The zero-order valence-corrected chi connectivity index (χ0v) is 16.4. The number of halogens is 3. The van der Waals surface area contributed by atoms with Crippen LogP contribution in [0.15, 0.2) is 48.8 Å². The quantitative estimate of drug-likeness (QED) is 0.478. The van der Waals surface area contributed by atoms with Crippen LogP contribution in [0.5, 0.6) is 0 Å². The predicted molar refractivity (Wildman–Crippen MR) is 108 cm³/mol. The third kappa shape index (κ3) is 5.72. The summed E-state index contributed by atoms with van der Waals surface area (Å²) in [7, 11) is 0. The smallest absolute Gasteiger partial charge is 0.394 e. The second-order valence-electron chi connectivity index (χ2n) is 6.85. The van der Waals surface area contributed by atoms with Crippen LogP contribution in [0.4, 0.5) is 23.7 Å². The fourth-order valence-electron chi connectivity index (χ4n) is 2.80. The van der Waals surface area contributed by atoms with Gasteiger partial charge in [-0.15, -0.1) is 0 Å². The summed E-state index contributed by atoms with van der Waals surface area (Å²) in [5.41, 5.74) is 2.50. The lowest BCUT2D eigenvalue weighted by molar-refractivity contribution is -0.122. The molecule has 0 saturated carbocycles. The largest absolute Gasteiger partial charge is 0.405 e. The molecule has 3 rings (SSSR count). The summed E-state index contributed by atoms with van der Waals surface area (Å²) in [5, 5.41) is 15.8. The fourth-order valence-corrected chi connectivity index (χ4v) is 2.80. The summed E-state index contributed by atoms with van der Waals surface area (Å²) in [6, 6.07) is 8.38. The number of aliphatic hydroxyl groups excluding tert-OH is 1. The molecule has 11 heteroatoms. The molecule has 1 aromatic carbocycles. The number of nitrogens with one attached hydrogen (secondary N) is 3. The molecule has 1 atom stereocenters. The van der Waals surface area contributed by atoms with E-state index in [4.69, 9.17) is 5.11 Å². The predicted octanol–water partition coefficient (Wildman–Crippen LogP) is 2.80. The van der Waals surface area contributed by atoms with Crippen molar-refractivity contribution >= 4 is 23.3 Å². The monoisotopic (exact) mass is 435 g/mol. The van der Waals surface area contributed by atoms with Crippen LogP contribution in [0.2, 0.25) is 0 Å². The first-order valence-electron chi connectivity index (χ1n) is 9.27. The number of fused-ring (bicyclic) bond motifs is 1. The highest BCUT2D eigenvalue weighted by Gasteiger charge is 2.27. The molecular formula is C20H20F3N5O3. The van der Waals surface area contributed by atoms with Gasteiger partial charge in [0, 0.05) is 29.1 Å². The van der Waals surface area contributed by atoms with Crippen molar-refractivity contribution < 1.29 is 27.9 Å². The lowest BCUT2D eigenvalue weighted by Gasteiger charge is -2.11. The molecule has 3 amide bonds. The molecule has 0 saturated heterocycles. The maximum absolute atomic E-state index is 12.2. The topological polar surface area (TPSA) is 108 Å². The number of rotatable bonds is 6. The number of urea groups is 1. The number of benzene rings is 1. The number of alkyl halides is 3. The Morgan fingerprint density at radius 1 is 1.23 bits per heavy atom. The zero-order valence-electron chi connectivity index (χ0n) is 16.4. The SMILES string of the molecule is CC(CO)NC(=O)c1ccn2c(-c3cccc(NC(=O)NCC(F)(F)F)c3)cnc2c1. The molecule has 31 heavy (non-hydrogen) atoms. The molecule has 0 bridgehead atoms. The van der Waals surface area contributed by atoms with Crippen molar-refractivity contribution in [1.82, 2.24) is 20.0 Å². The van der Waals surface area contributed by atoms with Crippen LogP contribution in [0.3, 0.4) is 0 Å². The maximum atomic E-state index is 12.2. The lowest BCUT2D eigenvalue weighted by Crippen LogP contribution is -2.36. The molecule has 2 aromatic heterocycles. The van der Waals surface area contributed by atoms with Crippen molar-refractivity contribution in [2.45, 2.75) is 19.1 Å². The number of amides is 3. The minimum Gasteiger partial charge on any atom is -0.394 e. The molecule has 1 unspecified atom stereocenters. The van der Waals surface area contributed by atoms with Gasteiger partial charge in [0.2, 0.25) is 0 Å². The van der Waals surface area contributed by atoms with Crippen molar-refractivity contribution in [2.24, 2.45) is 0 Å². The van der Waals surface area contributed by atoms with Crippen LogP contribution in [0.1, 0.15) is 17.3 Å². The number of hydrogen-bond acceptors (Lipinski definition) is 4. The Labute approximate surface area is 175 Å². The van der Waals surface area contributed by atoms with E-state index in [1.54, 1.807) is 65.4 Å². The number of carbonyl (C=O) groups is 2. The van der Waals surface area contributed by atoms with E-state index in [2.05, 4.69) is 15.6 Å². The third-order valence-electron chi connectivity index (χ3n) is 4.29. The van der Waals surface area contributed by atoms with E-state index >= 15 is 0 Å². The number of nitrogens with zero attached hydrogens (tertiary/aromatic N) is 2. The minimum atomic E-state index is -4.50. The van der Waals surface area contributed by atoms with E-state index in [-0.39, 0.29) is 18.6 Å². The van der Waals surface area contributed by atoms with Gasteiger partial charge in [0.15, 0.2) is 0 Å². The Balaban J connectivity index is 1.78. The van der Waals surface area contributed by atoms with Gasteiger partial charge in [-0.05, 0) is 31.2 Å². The van der Waals surface area contributed by atoms with Crippen LogP contribution in [-0.2, 0) is 0 Å². The number of carbonyl (C=O) groups excluding carboxylic acids is 2. The number of aliphatic hydroxyl groups is 1. The van der Waals surface area contributed by atoms with E-state index in [0.29, 0.717) is 28.2 Å². The van der Waals surface area contributed by atoms with Crippen LogP contribution in [0, 0.1) is 0 Å². The zero-order chi connectivity index (χ0) is 22.6. The molecule has 0 radical (unpaired) electrons. The molecule has 3 aromatic rings. The standard InChI is InChI=1S/C20H20F3N5O3/c1-12(10-29)26-18(30)14-5-6-28-16(9-24-17(28)8-14)13-3-2-4-15(7-13)27-19(31)25-11-20(21,22)23/h2-9,12,29H,10-11H2,1H3,(H,26,30)(H2,25,27,31). The fraction of sp³-hybridized carbons (Fsp3) is 0.250. The average molecular weight is 435 g/mol. The number of pyridine rings is 1. The normalized spacial score (nSPS) is 12.4. The maximum Gasteiger partial charge on any atom is 0.405 e. The summed E-state index contributed by atoms with van der Waals surface area (Å²) in [6.45, 7) is 0.0629. The highest BCUT2D eigenvalue weighted by molar-refractivity contribution is 5.95. The first-order valence-corrected chi connectivity index (χ1v) is 9.27. The molecule has 0 aliphatic heterocycles. The Kier molecular flexibility index (Phi) is 6.44. The number of anilines is 1. The van der Waals surface area contributed by atoms with Crippen molar-refractivity contribution in [3.8, 4) is 11.3 Å². The van der Waals surface area contributed by atoms with Crippen LogP contribution in [0.25, 0.3) is 16.9 Å². The summed E-state index contributed by atoms with van der Waals surface area (Å²) in [5.74, 6) is -0.343. The van der Waals surface area contributed by atoms with Gasteiger partial charge in [-0.3, -0.25) is 9.20 Å². The second-order valence-corrected chi connectivity index (χ2v) is 6.85. The van der Waals surface area contributed by atoms with E-state index in [0.717, 1.165) is 0 Å². The minimum absolute atomic E-state index is 0.180. The Hall–Kier alpha value is -3.60. The number of hydrogen-bond donors (Lipinski definition) is 4. The highest BCUT2D eigenvalue weighted by Crippen LogP contribution is 2.24. The van der Waals surface area contributed by atoms with Crippen molar-refractivity contribution in [3.63, 3.8) is 0 Å². The molecule has 0 spiro atoms. The summed E-state index contributed by atoms with van der Waals surface area (Å²) >= 11 is 0. The van der Waals surface area contributed by atoms with E-state index in [1.165, 1.54) is 0 Å². The molecule has 0 aliphatic rings. The molecule has 2 heterocycles. The van der Waals surface area contributed by atoms with Gasteiger partial charge in [-0.2, -0.15) is 13.2 Å². The number of aromatic nitrogens is 2. The van der Waals surface area contributed by atoms with Gasteiger partial charge in [-0.1, -0.05) is 12.1 Å². The lowest BCUT2D eigenvalue weighted by atomic mass is 10.1. The van der Waals surface area contributed by atoms with Gasteiger partial charge >= 0.3 is 12.2 Å². The first kappa shape index (κ1) is 22.1. The molecule has 0 aliphatic carbocycles. The molecule has 4 N–H and O–H groups in total. The van der Waals surface area contributed by atoms with Crippen molar-refractivity contribution in [3.05, 3.63) is 54.4 Å². The Bertz CT molecular complexity index is 1100. The molecule has 164 valence electrons. The molecule has 8 nitrogen and oxygen atoms in total. The van der Waals surface area contributed by atoms with Crippen LogP contribution >= 0.6 is 0 Å². The van der Waals surface area contributed by atoms with Gasteiger partial charge in [-0.25, -0.2) is 9.78 Å². The van der Waals surface area contributed by atoms with E-state index < -0.39 is 18.8 Å². The van der Waals surface area contributed by atoms with Gasteiger partial charge < -0.3 is 21.1 Å². The van der Waals surface area contributed by atoms with Crippen molar-refractivity contribution in [1.29, 1.82) is 0 Å². The van der Waals surface area contributed by atoms with E-state index in [1.807, 2.05) is 0 Å². The van der Waals surface area contributed by atoms with Gasteiger partial charge in [0.1, 0.15) is 12.2 Å². The molecule has 0 fully saturated rings.